The third-order valence-electron chi connectivity index (χ3n) is 7.26. The number of amides is 2. The number of piperidine rings is 1. The lowest BCUT2D eigenvalue weighted by Crippen LogP contribution is -2.40. The van der Waals surface area contributed by atoms with E-state index >= 15 is 0 Å². The number of nitrogens with zero attached hydrogens (tertiary/aromatic N) is 4. The predicted molar refractivity (Wildman–Crippen MR) is 130 cm³/mol. The lowest BCUT2D eigenvalue weighted by molar-refractivity contribution is -0.133. The Bertz CT molecular complexity index is 1160. The van der Waals surface area contributed by atoms with E-state index in [2.05, 4.69) is 30.5 Å². The van der Waals surface area contributed by atoms with Crippen LogP contribution in [0.2, 0.25) is 0 Å². The van der Waals surface area contributed by atoms with Crippen LogP contribution < -0.4 is 4.90 Å². The molecule has 0 spiro atoms. The normalized spacial score (nSPS) is 19.6. The van der Waals surface area contributed by atoms with Crippen LogP contribution in [0.1, 0.15) is 50.4 Å². The molecule has 0 N–H and O–H groups in total. The summed E-state index contributed by atoms with van der Waals surface area (Å²) in [7, 11) is 0. The van der Waals surface area contributed by atoms with Gasteiger partial charge in [-0.25, -0.2) is 4.98 Å². The fourth-order valence-corrected chi connectivity index (χ4v) is 5.11. The zero-order valence-electron chi connectivity index (χ0n) is 19.5. The van der Waals surface area contributed by atoms with Gasteiger partial charge in [0, 0.05) is 37.7 Å². The number of imidazole rings is 1. The third kappa shape index (κ3) is 4.26. The van der Waals surface area contributed by atoms with Crippen LogP contribution >= 0.6 is 0 Å². The maximum absolute atomic E-state index is 13.2. The van der Waals surface area contributed by atoms with Gasteiger partial charge in [-0.15, -0.1) is 0 Å². The number of aromatic nitrogens is 2. The van der Waals surface area contributed by atoms with E-state index in [0.717, 1.165) is 54.9 Å². The van der Waals surface area contributed by atoms with Crippen LogP contribution in [0, 0.1) is 5.92 Å². The third-order valence-corrected chi connectivity index (χ3v) is 7.26. The Hall–Kier alpha value is -3.15. The minimum absolute atomic E-state index is 0.0371. The molecule has 2 amide bonds. The van der Waals surface area contributed by atoms with E-state index in [1.807, 2.05) is 46.2 Å². The van der Waals surface area contributed by atoms with Gasteiger partial charge in [-0.05, 0) is 55.0 Å². The lowest BCUT2D eigenvalue weighted by Gasteiger charge is -2.30. The number of carbonyl (C=O) groups is 2. The molecule has 3 heterocycles. The van der Waals surface area contributed by atoms with E-state index < -0.39 is 0 Å². The van der Waals surface area contributed by atoms with Crippen LogP contribution in [0.5, 0.6) is 0 Å². The Kier molecular flexibility index (Phi) is 5.92. The van der Waals surface area contributed by atoms with E-state index in [1.165, 1.54) is 5.56 Å². The molecule has 0 radical (unpaired) electrons. The van der Waals surface area contributed by atoms with Crippen LogP contribution in [0.15, 0.2) is 48.5 Å². The first-order valence-corrected chi connectivity index (χ1v) is 12.2. The largest absolute Gasteiger partial charge is 0.341 e. The number of likely N-dealkylation sites (tertiary alicyclic amines) is 1. The van der Waals surface area contributed by atoms with E-state index in [9.17, 15) is 9.59 Å². The van der Waals surface area contributed by atoms with Gasteiger partial charge < -0.3 is 14.4 Å². The van der Waals surface area contributed by atoms with Crippen molar-refractivity contribution in [2.75, 3.05) is 24.5 Å². The molecule has 6 nitrogen and oxygen atoms in total. The molecule has 5 rings (SSSR count). The molecule has 2 fully saturated rings. The topological polar surface area (TPSA) is 58.4 Å². The van der Waals surface area contributed by atoms with E-state index in [4.69, 9.17) is 4.98 Å². The van der Waals surface area contributed by atoms with E-state index in [1.54, 1.807) is 0 Å². The first kappa shape index (κ1) is 21.7. The summed E-state index contributed by atoms with van der Waals surface area (Å²) in [6.45, 7) is 6.89. The second-order valence-electron chi connectivity index (χ2n) is 9.53. The van der Waals surface area contributed by atoms with Crippen LogP contribution in [0.3, 0.4) is 0 Å². The standard InChI is InChI=1S/C27H32N4O2/c1-3-20-8-10-22(11-9-20)30-17-21(16-25(30)32)27-28-23-6-4-5-7-24(23)31(27)18-26(33)29-14-12-19(2)13-15-29/h4-11,19,21H,3,12-18H2,1-2H3/t21-/m0/s1. The maximum Gasteiger partial charge on any atom is 0.242 e. The van der Waals surface area contributed by atoms with Crippen molar-refractivity contribution in [1.82, 2.24) is 14.5 Å². The number of hydrogen-bond acceptors (Lipinski definition) is 3. The molecule has 33 heavy (non-hydrogen) atoms. The quantitative estimate of drug-likeness (QED) is 0.587. The number of anilines is 1. The van der Waals surface area contributed by atoms with Gasteiger partial charge in [0.05, 0.1) is 11.0 Å². The van der Waals surface area contributed by atoms with Gasteiger partial charge in [0.2, 0.25) is 11.8 Å². The van der Waals surface area contributed by atoms with Crippen molar-refractivity contribution in [2.24, 2.45) is 5.92 Å². The summed E-state index contributed by atoms with van der Waals surface area (Å²) >= 11 is 0. The van der Waals surface area contributed by atoms with Crippen molar-refractivity contribution in [3.8, 4) is 0 Å². The van der Waals surface area contributed by atoms with Gasteiger partial charge in [0.1, 0.15) is 12.4 Å². The summed E-state index contributed by atoms with van der Waals surface area (Å²) in [5, 5.41) is 0. The van der Waals surface area contributed by atoms with E-state index in [-0.39, 0.29) is 24.3 Å². The number of carbonyl (C=O) groups excluding carboxylic acids is 2. The fraction of sp³-hybridized carbons (Fsp3) is 0.444. The van der Waals surface area contributed by atoms with Crippen molar-refractivity contribution >= 4 is 28.5 Å². The smallest absolute Gasteiger partial charge is 0.242 e. The van der Waals surface area contributed by atoms with Gasteiger partial charge in [-0.1, -0.05) is 38.1 Å². The number of hydrogen-bond donors (Lipinski definition) is 0. The maximum atomic E-state index is 13.2. The highest BCUT2D eigenvalue weighted by molar-refractivity contribution is 5.96. The molecule has 3 aromatic rings. The number of para-hydroxylation sites is 2. The average molecular weight is 445 g/mol. The first-order valence-electron chi connectivity index (χ1n) is 12.2. The van der Waals surface area contributed by atoms with Crippen LogP contribution in [0.25, 0.3) is 11.0 Å². The Morgan fingerprint density at radius 2 is 1.79 bits per heavy atom. The summed E-state index contributed by atoms with van der Waals surface area (Å²) < 4.78 is 2.05. The first-order chi connectivity index (χ1) is 16.0. The van der Waals surface area contributed by atoms with Crippen LogP contribution in [0.4, 0.5) is 5.69 Å². The molecule has 0 unspecified atom stereocenters. The highest BCUT2D eigenvalue weighted by atomic mass is 16.2. The second kappa shape index (κ2) is 9.00. The molecule has 0 bridgehead atoms. The average Bonchev–Trinajstić information content (AvgIpc) is 3.40. The van der Waals surface area contributed by atoms with Crippen LogP contribution in [-0.2, 0) is 22.6 Å². The van der Waals surface area contributed by atoms with Crippen molar-refractivity contribution in [2.45, 2.75) is 52.0 Å². The van der Waals surface area contributed by atoms with Gasteiger partial charge in [-0.3, -0.25) is 9.59 Å². The minimum atomic E-state index is -0.0371. The molecule has 1 aromatic heterocycles. The van der Waals surface area contributed by atoms with E-state index in [0.29, 0.717) is 18.9 Å². The molecule has 2 aromatic carbocycles. The molecule has 0 saturated carbocycles. The Balaban J connectivity index is 1.42. The minimum Gasteiger partial charge on any atom is -0.341 e. The molecular formula is C27H32N4O2. The molecule has 0 aliphatic carbocycles. The second-order valence-corrected chi connectivity index (χ2v) is 9.53. The number of rotatable bonds is 5. The van der Waals surface area contributed by atoms with Gasteiger partial charge in [0.15, 0.2) is 0 Å². The van der Waals surface area contributed by atoms with Crippen LogP contribution in [-0.4, -0.2) is 45.9 Å². The highest BCUT2D eigenvalue weighted by Crippen LogP contribution is 2.33. The molecule has 2 saturated heterocycles. The SMILES string of the molecule is CCc1ccc(N2C[C@@H](c3nc4ccccc4n3CC(=O)N3CCC(C)CC3)CC2=O)cc1. The number of aryl methyl sites for hydroxylation is 1. The zero-order valence-corrected chi connectivity index (χ0v) is 19.5. The van der Waals surface area contributed by atoms with Gasteiger partial charge in [0.25, 0.3) is 0 Å². The summed E-state index contributed by atoms with van der Waals surface area (Å²) in [5.74, 6) is 1.74. The molecule has 1 atom stereocenters. The number of fused-ring (bicyclic) bond motifs is 1. The van der Waals surface area contributed by atoms with Gasteiger partial charge in [-0.2, -0.15) is 0 Å². The Labute approximate surface area is 195 Å². The predicted octanol–water partition coefficient (Wildman–Crippen LogP) is 4.38. The number of benzene rings is 2. The van der Waals surface area contributed by atoms with Crippen molar-refractivity contribution in [3.63, 3.8) is 0 Å². The highest BCUT2D eigenvalue weighted by Gasteiger charge is 2.35. The molecule has 172 valence electrons. The lowest BCUT2D eigenvalue weighted by atomic mass is 9.99. The zero-order chi connectivity index (χ0) is 22.9. The Morgan fingerprint density at radius 3 is 2.52 bits per heavy atom. The summed E-state index contributed by atoms with van der Waals surface area (Å²) in [4.78, 5) is 34.9. The van der Waals surface area contributed by atoms with Gasteiger partial charge >= 0.3 is 0 Å². The van der Waals surface area contributed by atoms with Crippen molar-refractivity contribution < 1.29 is 9.59 Å². The molecule has 2 aliphatic rings. The fourth-order valence-electron chi connectivity index (χ4n) is 5.11. The molecule has 2 aliphatic heterocycles. The Morgan fingerprint density at radius 1 is 1.06 bits per heavy atom. The molecule has 6 heteroatoms. The van der Waals surface area contributed by atoms with Crippen molar-refractivity contribution in [3.05, 3.63) is 59.9 Å². The molecular weight excluding hydrogens is 412 g/mol. The monoisotopic (exact) mass is 444 g/mol. The van der Waals surface area contributed by atoms with Crippen molar-refractivity contribution in [1.29, 1.82) is 0 Å². The summed E-state index contributed by atoms with van der Waals surface area (Å²) in [5.41, 5.74) is 4.03. The summed E-state index contributed by atoms with van der Waals surface area (Å²) in [6.07, 6.45) is 3.51. The summed E-state index contributed by atoms with van der Waals surface area (Å²) in [6, 6.07) is 16.2.